The molecule has 0 bridgehead atoms. The second kappa shape index (κ2) is 43.7. The molecule has 0 saturated heterocycles. The van der Waals surface area contributed by atoms with E-state index in [0.717, 1.165) is 0 Å². The second-order valence-corrected chi connectivity index (χ2v) is 0.577. The third kappa shape index (κ3) is 255. The van der Waals surface area contributed by atoms with E-state index in [9.17, 15) is 0 Å². The molecule has 8 heavy (non-hydrogen) atoms. The van der Waals surface area contributed by atoms with Crippen molar-refractivity contribution < 1.29 is 21.4 Å². The number of rotatable bonds is 0. The summed E-state index contributed by atoms with van der Waals surface area (Å²) in [4.78, 5) is 0. The SMILES string of the molecule is O.[Mg+2].[O]=[Al][O-].[O]=[Al][O-]. The van der Waals surface area contributed by atoms with Crippen LogP contribution in [0.1, 0.15) is 0 Å². The summed E-state index contributed by atoms with van der Waals surface area (Å²) in [7, 11) is 0. The predicted molar refractivity (Wildman–Crippen MR) is 22.2 cm³/mol. The van der Waals surface area contributed by atoms with E-state index in [1.807, 2.05) is 0 Å². The van der Waals surface area contributed by atoms with Crippen LogP contribution in [0.2, 0.25) is 0 Å². The summed E-state index contributed by atoms with van der Waals surface area (Å²) in [5.41, 5.74) is 0. The average molecular weight is 160 g/mol. The van der Waals surface area contributed by atoms with Gasteiger partial charge >= 0.3 is 70.0 Å². The maximum atomic E-state index is 8.46. The zero-order valence-corrected chi connectivity index (χ0v) is 7.72. The van der Waals surface area contributed by atoms with Crippen LogP contribution in [0, 0.1) is 0 Å². The molecular weight excluding hydrogens is 158 g/mol. The minimum absolute atomic E-state index is 0. The molecule has 0 aliphatic rings. The fourth-order valence-corrected chi connectivity index (χ4v) is 0. The topological polar surface area (TPSA) is 112 Å². The van der Waals surface area contributed by atoms with E-state index < -0.39 is 31.0 Å². The van der Waals surface area contributed by atoms with Crippen molar-refractivity contribution in [1.29, 1.82) is 0 Å². The van der Waals surface area contributed by atoms with Gasteiger partial charge in [0.25, 0.3) is 0 Å². The monoisotopic (exact) mass is 160 g/mol. The standard InChI is InChI=1S/2Al.Mg.H2O.4O/h;;;1H2;;;;/q;;+2;;;;2*-1. The molecule has 0 amide bonds. The van der Waals surface area contributed by atoms with Crippen molar-refractivity contribution in [2.45, 2.75) is 0 Å². The predicted octanol–water partition coefficient (Wildman–Crippen LogP) is -4.58. The Morgan fingerprint density at radius 2 is 1.00 bits per heavy atom. The fourth-order valence-electron chi connectivity index (χ4n) is 0. The van der Waals surface area contributed by atoms with E-state index >= 15 is 0 Å². The Bertz CT molecular complexity index is 31.4. The van der Waals surface area contributed by atoms with E-state index in [-0.39, 0.29) is 28.5 Å². The summed E-state index contributed by atoms with van der Waals surface area (Å²) in [5, 5.41) is 0. The van der Waals surface area contributed by atoms with Crippen LogP contribution in [-0.2, 0) is 7.61 Å². The molecule has 0 atom stereocenters. The first-order chi connectivity index (χ1) is 2.83. The normalized spacial score (nSPS) is 2.00. The van der Waals surface area contributed by atoms with Crippen LogP contribution in [0.5, 0.6) is 0 Å². The molecule has 5 nitrogen and oxygen atoms in total. The summed E-state index contributed by atoms with van der Waals surface area (Å²) in [6.45, 7) is 0. The first-order valence-corrected chi connectivity index (χ1v) is 2.83. The van der Waals surface area contributed by atoms with Gasteiger partial charge in [-0.3, -0.25) is 0 Å². The van der Waals surface area contributed by atoms with Crippen LogP contribution in [0.4, 0.5) is 0 Å². The fraction of sp³-hybridized carbons (Fsp3) is 0. The van der Waals surface area contributed by atoms with Gasteiger partial charge in [0.05, 0.1) is 0 Å². The Hall–Kier alpha value is 0.991. The first kappa shape index (κ1) is 23.0. The molecule has 2 N–H and O–H groups in total. The van der Waals surface area contributed by atoms with Gasteiger partial charge in [-0.2, -0.15) is 0 Å². The van der Waals surface area contributed by atoms with Crippen molar-refractivity contribution in [2.24, 2.45) is 0 Å². The van der Waals surface area contributed by atoms with Crippen LogP contribution in [-0.4, -0.2) is 59.5 Å². The summed E-state index contributed by atoms with van der Waals surface area (Å²) < 4.78 is 33.8. The molecule has 0 spiro atoms. The Morgan fingerprint density at radius 1 is 1.00 bits per heavy atom. The van der Waals surface area contributed by atoms with Gasteiger partial charge in [0.15, 0.2) is 0 Å². The third-order valence-corrected chi connectivity index (χ3v) is 0. The van der Waals surface area contributed by atoms with Crippen molar-refractivity contribution in [3.05, 3.63) is 0 Å². The van der Waals surface area contributed by atoms with Gasteiger partial charge in [0, 0.05) is 0 Å². The van der Waals surface area contributed by atoms with Gasteiger partial charge in [-0.1, -0.05) is 0 Å². The molecule has 0 heterocycles. The van der Waals surface area contributed by atoms with Crippen LogP contribution < -0.4 is 8.32 Å². The molecular formula is H2Al2MgO5. The van der Waals surface area contributed by atoms with Crippen LogP contribution in [0.25, 0.3) is 0 Å². The summed E-state index contributed by atoms with van der Waals surface area (Å²) in [5.74, 6) is 0. The molecule has 0 saturated carbocycles. The Morgan fingerprint density at radius 3 is 1.00 bits per heavy atom. The van der Waals surface area contributed by atoms with Crippen LogP contribution in [0.15, 0.2) is 0 Å². The van der Waals surface area contributed by atoms with Crippen molar-refractivity contribution in [2.75, 3.05) is 0 Å². The quantitative estimate of drug-likeness (QED) is 0.332. The van der Waals surface area contributed by atoms with E-state index in [1.54, 1.807) is 0 Å². The molecule has 0 radical (unpaired) electrons. The van der Waals surface area contributed by atoms with Crippen molar-refractivity contribution in [1.82, 2.24) is 0 Å². The van der Waals surface area contributed by atoms with Crippen LogP contribution >= 0.6 is 0 Å². The molecule has 0 aliphatic heterocycles. The van der Waals surface area contributed by atoms with E-state index in [0.29, 0.717) is 0 Å². The molecule has 0 rings (SSSR count). The molecule has 8 heteroatoms. The van der Waals surface area contributed by atoms with Gasteiger partial charge in [0.2, 0.25) is 0 Å². The second-order valence-electron chi connectivity index (χ2n) is 0.192. The van der Waals surface area contributed by atoms with Gasteiger partial charge in [-0.15, -0.1) is 0 Å². The molecule has 40 valence electrons. The molecule has 0 aromatic carbocycles. The molecule has 0 fully saturated rings. The van der Waals surface area contributed by atoms with E-state index in [1.165, 1.54) is 0 Å². The first-order valence-electron chi connectivity index (χ1n) is 0.943. The van der Waals surface area contributed by atoms with Crippen molar-refractivity contribution in [3.63, 3.8) is 0 Å². The van der Waals surface area contributed by atoms with Gasteiger partial charge < -0.3 is 5.48 Å². The Kier molecular flexibility index (Phi) is 126. The van der Waals surface area contributed by atoms with E-state index in [2.05, 4.69) is 0 Å². The van der Waals surface area contributed by atoms with Gasteiger partial charge in [-0.05, 0) is 0 Å². The number of hydrogen-bond donors (Lipinski definition) is 0. The third-order valence-electron chi connectivity index (χ3n) is 0. The zero-order chi connectivity index (χ0) is 5.41. The summed E-state index contributed by atoms with van der Waals surface area (Å²) in [6, 6.07) is 0. The number of hydrogen-bond acceptors (Lipinski definition) is 4. The zero-order valence-electron chi connectivity index (χ0n) is 3.99. The summed E-state index contributed by atoms with van der Waals surface area (Å²) in [6.07, 6.45) is 0. The summed E-state index contributed by atoms with van der Waals surface area (Å²) >= 11 is -3.50. The molecule has 0 unspecified atom stereocenters. The van der Waals surface area contributed by atoms with Crippen LogP contribution in [0.3, 0.4) is 0 Å². The Labute approximate surface area is 75.1 Å². The van der Waals surface area contributed by atoms with Gasteiger partial charge in [-0.25, -0.2) is 0 Å². The maximum absolute atomic E-state index is 8.46. The minimum atomic E-state index is -1.75. The molecule has 0 aromatic heterocycles. The molecule has 0 aliphatic carbocycles. The van der Waals surface area contributed by atoms with Crippen molar-refractivity contribution in [3.8, 4) is 0 Å². The molecule has 0 aromatic rings. The average Bonchev–Trinajstić information content (AvgIpc) is 1.39. The van der Waals surface area contributed by atoms with E-state index in [4.69, 9.17) is 15.9 Å². The van der Waals surface area contributed by atoms with Crippen molar-refractivity contribution >= 4 is 54.0 Å². The van der Waals surface area contributed by atoms with Gasteiger partial charge in [0.1, 0.15) is 0 Å². The Balaban J connectivity index is -0.0000000160.